The minimum Gasteiger partial charge on any atom is -0.462 e. The molecular formula is C17H24N2O3S2. The molecule has 0 saturated heterocycles. The maximum Gasteiger partial charge on any atom is 0.341 e. The van der Waals surface area contributed by atoms with E-state index in [1.165, 1.54) is 17.8 Å². The molecular weight excluding hydrogens is 344 g/mol. The molecule has 5 nitrogen and oxygen atoms in total. The highest BCUT2D eigenvalue weighted by Crippen LogP contribution is 2.33. The number of aryl methyl sites for hydroxylation is 1. The fraction of sp³-hybridized carbons (Fsp3) is 0.588. The highest BCUT2D eigenvalue weighted by Gasteiger charge is 2.24. The lowest BCUT2D eigenvalue weighted by molar-refractivity contribution is -0.124. The number of thiocarbonyl (C=S) groups is 1. The van der Waals surface area contributed by atoms with E-state index in [4.69, 9.17) is 17.0 Å². The van der Waals surface area contributed by atoms with E-state index >= 15 is 0 Å². The molecule has 0 atom stereocenters. The molecule has 7 heteroatoms. The second kappa shape index (κ2) is 8.58. The van der Waals surface area contributed by atoms with E-state index in [0.29, 0.717) is 17.2 Å². The number of hydrogen-bond donors (Lipinski definition) is 2. The van der Waals surface area contributed by atoms with Crippen molar-refractivity contribution in [2.24, 2.45) is 5.92 Å². The minimum absolute atomic E-state index is 0.0325. The molecule has 0 unspecified atom stereocenters. The summed E-state index contributed by atoms with van der Waals surface area (Å²) in [5, 5.41) is 6.62. The van der Waals surface area contributed by atoms with E-state index in [1.54, 1.807) is 6.92 Å². The first-order valence-corrected chi connectivity index (χ1v) is 9.55. The summed E-state index contributed by atoms with van der Waals surface area (Å²) in [4.78, 5) is 25.4. The second-order valence-corrected chi connectivity index (χ2v) is 7.62. The Labute approximate surface area is 152 Å². The van der Waals surface area contributed by atoms with Crippen LogP contribution in [0.25, 0.3) is 0 Å². The number of anilines is 1. The Balaban J connectivity index is 2.04. The van der Waals surface area contributed by atoms with Gasteiger partial charge in [0, 0.05) is 10.8 Å². The lowest BCUT2D eigenvalue weighted by Gasteiger charge is -2.21. The number of carbonyl (C=O) groups is 2. The third-order valence-corrected chi connectivity index (χ3v) is 5.63. The number of amides is 1. The Morgan fingerprint density at radius 2 is 1.92 bits per heavy atom. The number of rotatable bonds is 4. The first kappa shape index (κ1) is 18.9. The average molecular weight is 369 g/mol. The van der Waals surface area contributed by atoms with Crippen molar-refractivity contribution in [3.63, 3.8) is 0 Å². The number of esters is 1. The Kier molecular flexibility index (Phi) is 6.74. The molecule has 1 aliphatic carbocycles. The fourth-order valence-electron chi connectivity index (χ4n) is 2.88. The molecule has 0 aromatic carbocycles. The SMILES string of the molecule is CCOC(=O)c1c(NC(=S)NC(=O)C2CCCCC2)sc(C)c1C. The molecule has 1 aliphatic rings. The zero-order chi connectivity index (χ0) is 17.7. The first-order valence-electron chi connectivity index (χ1n) is 8.33. The Hall–Kier alpha value is -1.47. The van der Waals surface area contributed by atoms with Gasteiger partial charge in [-0.15, -0.1) is 11.3 Å². The van der Waals surface area contributed by atoms with Crippen molar-refractivity contribution in [3.05, 3.63) is 16.0 Å². The molecule has 132 valence electrons. The van der Waals surface area contributed by atoms with Gasteiger partial charge in [-0.05, 0) is 51.4 Å². The van der Waals surface area contributed by atoms with Gasteiger partial charge in [0.25, 0.3) is 0 Å². The molecule has 24 heavy (non-hydrogen) atoms. The van der Waals surface area contributed by atoms with E-state index in [2.05, 4.69) is 10.6 Å². The van der Waals surface area contributed by atoms with Crippen LogP contribution >= 0.6 is 23.6 Å². The van der Waals surface area contributed by atoms with Crippen LogP contribution in [-0.4, -0.2) is 23.6 Å². The van der Waals surface area contributed by atoms with Crippen molar-refractivity contribution in [1.29, 1.82) is 0 Å². The van der Waals surface area contributed by atoms with Gasteiger partial charge in [0.05, 0.1) is 12.2 Å². The van der Waals surface area contributed by atoms with Crippen LogP contribution in [0.1, 0.15) is 59.8 Å². The Morgan fingerprint density at radius 1 is 1.25 bits per heavy atom. The smallest absolute Gasteiger partial charge is 0.341 e. The molecule has 0 radical (unpaired) electrons. The topological polar surface area (TPSA) is 67.4 Å². The zero-order valence-corrected chi connectivity index (χ0v) is 16.0. The number of thiophene rings is 1. The normalized spacial score (nSPS) is 15.0. The van der Waals surface area contributed by atoms with Gasteiger partial charge in [-0.25, -0.2) is 4.79 Å². The van der Waals surface area contributed by atoms with Gasteiger partial charge < -0.3 is 15.4 Å². The third kappa shape index (κ3) is 4.54. The summed E-state index contributed by atoms with van der Waals surface area (Å²) in [5.41, 5.74) is 1.37. The summed E-state index contributed by atoms with van der Waals surface area (Å²) in [5.74, 6) is -0.368. The molecule has 0 spiro atoms. The number of ether oxygens (including phenoxy) is 1. The number of hydrogen-bond acceptors (Lipinski definition) is 5. The standard InChI is InChI=1S/C17H24N2O3S2/c1-4-22-16(21)13-10(2)11(3)24-15(13)19-17(23)18-14(20)12-8-6-5-7-9-12/h12H,4-9H2,1-3H3,(H2,18,19,20,23). The van der Waals surface area contributed by atoms with E-state index in [9.17, 15) is 9.59 Å². The van der Waals surface area contributed by atoms with Crippen molar-refractivity contribution < 1.29 is 14.3 Å². The molecule has 2 rings (SSSR count). The molecule has 1 saturated carbocycles. The van der Waals surface area contributed by atoms with Gasteiger partial charge in [-0.1, -0.05) is 19.3 Å². The predicted octanol–water partition coefficient (Wildman–Crippen LogP) is 3.93. The van der Waals surface area contributed by atoms with Crippen LogP contribution < -0.4 is 10.6 Å². The van der Waals surface area contributed by atoms with Gasteiger partial charge in [-0.3, -0.25) is 4.79 Å². The summed E-state index contributed by atoms with van der Waals surface area (Å²) in [6.07, 6.45) is 5.21. The molecule has 1 fully saturated rings. The van der Waals surface area contributed by atoms with Gasteiger partial charge in [0.15, 0.2) is 5.11 Å². The van der Waals surface area contributed by atoms with Gasteiger partial charge in [-0.2, -0.15) is 0 Å². The van der Waals surface area contributed by atoms with E-state index in [1.807, 2.05) is 13.8 Å². The van der Waals surface area contributed by atoms with Crippen LogP contribution in [-0.2, 0) is 9.53 Å². The van der Waals surface area contributed by atoms with E-state index in [0.717, 1.165) is 36.1 Å². The Morgan fingerprint density at radius 3 is 2.54 bits per heavy atom. The molecule has 0 aliphatic heterocycles. The quantitative estimate of drug-likeness (QED) is 0.622. The summed E-state index contributed by atoms with van der Waals surface area (Å²) in [7, 11) is 0. The average Bonchev–Trinajstić information content (AvgIpc) is 2.82. The van der Waals surface area contributed by atoms with Crippen LogP contribution in [0.3, 0.4) is 0 Å². The zero-order valence-electron chi connectivity index (χ0n) is 14.4. The third-order valence-electron chi connectivity index (χ3n) is 4.30. The summed E-state index contributed by atoms with van der Waals surface area (Å²) >= 11 is 6.69. The Bertz CT molecular complexity index is 634. The summed E-state index contributed by atoms with van der Waals surface area (Å²) in [6, 6.07) is 0. The van der Waals surface area contributed by atoms with Crippen LogP contribution in [0.15, 0.2) is 0 Å². The predicted molar refractivity (Wildman–Crippen MR) is 101 cm³/mol. The van der Waals surface area contributed by atoms with E-state index < -0.39 is 0 Å². The number of carbonyl (C=O) groups excluding carboxylic acids is 2. The molecule has 1 aromatic rings. The van der Waals surface area contributed by atoms with Crippen LogP contribution in [0.2, 0.25) is 0 Å². The van der Waals surface area contributed by atoms with Gasteiger partial charge in [0.2, 0.25) is 5.91 Å². The minimum atomic E-state index is -0.372. The fourth-order valence-corrected chi connectivity index (χ4v) is 4.20. The highest BCUT2D eigenvalue weighted by atomic mass is 32.1. The van der Waals surface area contributed by atoms with Crippen molar-refractivity contribution >= 4 is 45.5 Å². The molecule has 1 heterocycles. The van der Waals surface area contributed by atoms with Crippen LogP contribution in [0.5, 0.6) is 0 Å². The summed E-state index contributed by atoms with van der Waals surface area (Å²) < 4.78 is 5.12. The molecule has 2 N–H and O–H groups in total. The van der Waals surface area contributed by atoms with Gasteiger partial charge >= 0.3 is 5.97 Å². The number of nitrogens with one attached hydrogen (secondary N) is 2. The van der Waals surface area contributed by atoms with Crippen LogP contribution in [0, 0.1) is 19.8 Å². The monoisotopic (exact) mass is 368 g/mol. The maximum atomic E-state index is 12.3. The van der Waals surface area contributed by atoms with Crippen molar-refractivity contribution in [2.75, 3.05) is 11.9 Å². The first-order chi connectivity index (χ1) is 11.4. The largest absolute Gasteiger partial charge is 0.462 e. The second-order valence-electron chi connectivity index (χ2n) is 5.99. The summed E-state index contributed by atoms with van der Waals surface area (Å²) in [6.45, 7) is 5.91. The lowest BCUT2D eigenvalue weighted by atomic mass is 9.89. The van der Waals surface area contributed by atoms with Gasteiger partial charge in [0.1, 0.15) is 5.00 Å². The van der Waals surface area contributed by atoms with Crippen molar-refractivity contribution in [1.82, 2.24) is 5.32 Å². The van der Waals surface area contributed by atoms with Crippen molar-refractivity contribution in [3.8, 4) is 0 Å². The van der Waals surface area contributed by atoms with E-state index in [-0.39, 0.29) is 22.9 Å². The molecule has 1 amide bonds. The molecule has 1 aromatic heterocycles. The molecule has 0 bridgehead atoms. The lowest BCUT2D eigenvalue weighted by Crippen LogP contribution is -2.39. The highest BCUT2D eigenvalue weighted by molar-refractivity contribution is 7.80. The maximum absolute atomic E-state index is 12.3. The van der Waals surface area contributed by atoms with Crippen LogP contribution in [0.4, 0.5) is 5.00 Å². The van der Waals surface area contributed by atoms with Crippen molar-refractivity contribution in [2.45, 2.75) is 52.9 Å².